The second-order valence-electron chi connectivity index (χ2n) is 8.83. The normalized spacial score (nSPS) is 14.2. The van der Waals surface area contributed by atoms with E-state index in [-0.39, 0.29) is 12.8 Å². The van der Waals surface area contributed by atoms with Gasteiger partial charge in [0.05, 0.1) is 12.5 Å². The number of primary amides is 1. The second kappa shape index (κ2) is 13.9. The van der Waals surface area contributed by atoms with Crippen LogP contribution in [0.5, 0.6) is 0 Å². The number of carbonyl (C=O) groups is 5. The highest BCUT2D eigenvalue weighted by atomic mass is 16.4. The van der Waals surface area contributed by atoms with Crippen molar-refractivity contribution in [2.75, 3.05) is 6.54 Å². The van der Waals surface area contributed by atoms with Crippen LogP contribution in [0, 0.1) is 0 Å². The molecule has 1 heterocycles. The number of fused-ring (bicyclic) bond motifs is 1. The molecule has 37 heavy (non-hydrogen) atoms. The van der Waals surface area contributed by atoms with Crippen LogP contribution >= 0.6 is 0 Å². The van der Waals surface area contributed by atoms with E-state index in [1.54, 1.807) is 6.20 Å². The molecule has 0 radical (unpaired) electrons. The summed E-state index contributed by atoms with van der Waals surface area (Å²) in [6, 6.07) is 2.57. The molecule has 202 valence electrons. The van der Waals surface area contributed by atoms with Crippen LogP contribution in [-0.2, 0) is 30.4 Å². The van der Waals surface area contributed by atoms with Gasteiger partial charge < -0.3 is 43.2 Å². The van der Waals surface area contributed by atoms with E-state index in [0.29, 0.717) is 24.9 Å². The summed E-state index contributed by atoms with van der Waals surface area (Å²) >= 11 is 0. The number of amides is 4. The number of aromatic nitrogens is 1. The first-order chi connectivity index (χ1) is 17.5. The van der Waals surface area contributed by atoms with E-state index in [2.05, 4.69) is 20.9 Å². The number of rotatable bonds is 15. The highest BCUT2D eigenvalue weighted by molar-refractivity contribution is 5.96. The van der Waals surface area contributed by atoms with Crippen molar-refractivity contribution >= 4 is 40.5 Å². The zero-order valence-corrected chi connectivity index (χ0v) is 20.7. The van der Waals surface area contributed by atoms with Gasteiger partial charge in [-0.05, 0) is 44.4 Å². The smallest absolute Gasteiger partial charge is 0.326 e. The van der Waals surface area contributed by atoms with E-state index in [1.807, 2.05) is 24.3 Å². The van der Waals surface area contributed by atoms with E-state index in [1.165, 1.54) is 6.92 Å². The molecule has 0 saturated heterocycles. The number of para-hydroxylation sites is 1. The summed E-state index contributed by atoms with van der Waals surface area (Å²) in [6.45, 7) is 1.78. The van der Waals surface area contributed by atoms with Crippen LogP contribution in [0.3, 0.4) is 0 Å². The molecule has 0 spiro atoms. The zero-order chi connectivity index (χ0) is 27.5. The summed E-state index contributed by atoms with van der Waals surface area (Å²) in [4.78, 5) is 64.8. The van der Waals surface area contributed by atoms with Crippen LogP contribution in [0.2, 0.25) is 0 Å². The van der Waals surface area contributed by atoms with Gasteiger partial charge in [-0.2, -0.15) is 0 Å². The number of aliphatic carboxylic acids is 1. The number of hydrogen-bond acceptors (Lipinski definition) is 7. The summed E-state index contributed by atoms with van der Waals surface area (Å²) < 4.78 is 0. The number of carbonyl (C=O) groups excluding carboxylic acids is 4. The maximum Gasteiger partial charge on any atom is 0.326 e. The van der Waals surface area contributed by atoms with Gasteiger partial charge in [-0.1, -0.05) is 18.2 Å². The van der Waals surface area contributed by atoms with Crippen molar-refractivity contribution in [1.82, 2.24) is 20.9 Å². The molecular formula is C24H35N7O6. The molecule has 0 aliphatic heterocycles. The van der Waals surface area contributed by atoms with E-state index >= 15 is 0 Å². The van der Waals surface area contributed by atoms with Gasteiger partial charge in [0.15, 0.2) is 0 Å². The molecule has 1 aromatic heterocycles. The molecule has 13 heteroatoms. The third-order valence-electron chi connectivity index (χ3n) is 5.75. The third-order valence-corrected chi connectivity index (χ3v) is 5.75. The summed E-state index contributed by atoms with van der Waals surface area (Å²) in [5.41, 5.74) is 17.8. The van der Waals surface area contributed by atoms with Crippen LogP contribution in [0.15, 0.2) is 30.5 Å². The van der Waals surface area contributed by atoms with Gasteiger partial charge in [-0.3, -0.25) is 19.2 Å². The van der Waals surface area contributed by atoms with Crippen molar-refractivity contribution in [2.45, 2.75) is 63.2 Å². The molecule has 0 saturated carbocycles. The number of carboxylic acids is 1. The van der Waals surface area contributed by atoms with Crippen LogP contribution in [0.25, 0.3) is 10.9 Å². The number of benzene rings is 1. The standard InChI is InChI=1S/C24H35N7O6/c1-13(26)21(33)30-19(11-20(27)32)23(35)31-18(10-14-12-28-16-7-3-2-6-15(14)16)22(34)29-17(24(36)37)8-4-5-9-25/h2-3,6-7,12-13,17-19,28H,4-5,8-11,25-26H2,1H3,(H2,27,32)(H,29,34)(H,30,33)(H,31,35)(H,36,37). The van der Waals surface area contributed by atoms with E-state index in [4.69, 9.17) is 17.2 Å². The number of carboxylic acid groups (broad SMARTS) is 1. The van der Waals surface area contributed by atoms with E-state index in [0.717, 1.165) is 10.9 Å². The molecule has 0 bridgehead atoms. The Balaban J connectivity index is 2.31. The average molecular weight is 518 g/mol. The van der Waals surface area contributed by atoms with Crippen molar-refractivity contribution in [2.24, 2.45) is 17.2 Å². The van der Waals surface area contributed by atoms with Gasteiger partial charge in [-0.25, -0.2) is 4.79 Å². The van der Waals surface area contributed by atoms with Gasteiger partial charge in [0.2, 0.25) is 23.6 Å². The maximum absolute atomic E-state index is 13.2. The zero-order valence-electron chi connectivity index (χ0n) is 20.7. The fourth-order valence-corrected chi connectivity index (χ4v) is 3.74. The number of aromatic amines is 1. The summed E-state index contributed by atoms with van der Waals surface area (Å²) in [5, 5.41) is 17.8. The van der Waals surface area contributed by atoms with Gasteiger partial charge in [0, 0.05) is 23.5 Å². The lowest BCUT2D eigenvalue weighted by Gasteiger charge is -2.24. The number of H-pyrrole nitrogens is 1. The number of nitrogens with one attached hydrogen (secondary N) is 4. The first kappa shape index (κ1) is 29.3. The minimum atomic E-state index is -1.38. The Morgan fingerprint density at radius 2 is 1.57 bits per heavy atom. The van der Waals surface area contributed by atoms with E-state index < -0.39 is 60.2 Å². The highest BCUT2D eigenvalue weighted by Gasteiger charge is 2.31. The van der Waals surface area contributed by atoms with Crippen molar-refractivity contribution < 1.29 is 29.1 Å². The predicted octanol–water partition coefficient (Wildman–Crippen LogP) is -1.40. The molecule has 13 nitrogen and oxygen atoms in total. The monoisotopic (exact) mass is 517 g/mol. The Bertz CT molecular complexity index is 1120. The first-order valence-corrected chi connectivity index (χ1v) is 12.0. The average Bonchev–Trinajstić information content (AvgIpc) is 3.24. The third kappa shape index (κ3) is 8.88. The van der Waals surface area contributed by atoms with Gasteiger partial charge in [0.1, 0.15) is 18.1 Å². The van der Waals surface area contributed by atoms with Crippen molar-refractivity contribution in [3.05, 3.63) is 36.0 Å². The van der Waals surface area contributed by atoms with E-state index in [9.17, 15) is 29.1 Å². The number of nitrogens with two attached hydrogens (primary N) is 3. The Labute approximate surface area is 213 Å². The van der Waals surface area contributed by atoms with Gasteiger partial charge in [-0.15, -0.1) is 0 Å². The summed E-state index contributed by atoms with van der Waals surface area (Å²) in [7, 11) is 0. The predicted molar refractivity (Wildman–Crippen MR) is 136 cm³/mol. The fourth-order valence-electron chi connectivity index (χ4n) is 3.74. The molecule has 1 aromatic carbocycles. The Kier molecular flexibility index (Phi) is 11.0. The van der Waals surface area contributed by atoms with Crippen LogP contribution in [0.1, 0.15) is 38.2 Å². The maximum atomic E-state index is 13.2. The largest absolute Gasteiger partial charge is 0.480 e. The minimum Gasteiger partial charge on any atom is -0.480 e. The number of unbranched alkanes of at least 4 members (excludes halogenated alkanes) is 1. The molecule has 2 aromatic rings. The molecule has 11 N–H and O–H groups in total. The van der Waals surface area contributed by atoms with Crippen LogP contribution < -0.4 is 33.2 Å². The lowest BCUT2D eigenvalue weighted by Crippen LogP contribution is -2.58. The summed E-state index contributed by atoms with van der Waals surface area (Å²) in [6.07, 6.45) is 2.39. The molecule has 4 unspecified atom stereocenters. The lowest BCUT2D eigenvalue weighted by molar-refractivity contribution is -0.142. The Morgan fingerprint density at radius 3 is 2.19 bits per heavy atom. The molecule has 4 amide bonds. The quantitative estimate of drug-likeness (QED) is 0.130. The van der Waals surface area contributed by atoms with Crippen molar-refractivity contribution in [3.8, 4) is 0 Å². The van der Waals surface area contributed by atoms with Crippen LogP contribution in [-0.4, -0.2) is 70.4 Å². The summed E-state index contributed by atoms with van der Waals surface area (Å²) in [5.74, 6) is -4.35. The first-order valence-electron chi connectivity index (χ1n) is 12.0. The Hall–Kier alpha value is -3.97. The fraction of sp³-hybridized carbons (Fsp3) is 0.458. The SMILES string of the molecule is CC(N)C(=O)NC(CC(N)=O)C(=O)NC(Cc1c[nH]c2ccccc12)C(=O)NC(CCCCN)C(=O)O. The molecular weight excluding hydrogens is 482 g/mol. The molecule has 4 atom stereocenters. The molecule has 2 rings (SSSR count). The molecule has 0 aliphatic carbocycles. The van der Waals surface area contributed by atoms with Gasteiger partial charge >= 0.3 is 5.97 Å². The molecule has 0 fully saturated rings. The van der Waals surface area contributed by atoms with Crippen molar-refractivity contribution in [1.29, 1.82) is 0 Å². The highest BCUT2D eigenvalue weighted by Crippen LogP contribution is 2.19. The van der Waals surface area contributed by atoms with Crippen LogP contribution in [0.4, 0.5) is 0 Å². The minimum absolute atomic E-state index is 0.00125. The second-order valence-corrected chi connectivity index (χ2v) is 8.83. The van der Waals surface area contributed by atoms with Crippen molar-refractivity contribution in [3.63, 3.8) is 0 Å². The Morgan fingerprint density at radius 1 is 0.946 bits per heavy atom. The topological polar surface area (TPSA) is 236 Å². The lowest BCUT2D eigenvalue weighted by atomic mass is 10.0. The number of hydrogen-bond donors (Lipinski definition) is 8. The molecule has 0 aliphatic rings. The van der Waals surface area contributed by atoms with Gasteiger partial charge in [0.25, 0.3) is 0 Å².